The number of furan rings is 1. The molecule has 2 nitrogen and oxygen atoms in total. The number of hydrogen-bond acceptors (Lipinski definition) is 1. The molecule has 8 aromatic carbocycles. The van der Waals surface area contributed by atoms with Crippen molar-refractivity contribution in [3.05, 3.63) is 192 Å². The smallest absolute Gasteiger partial charge is 0.143 e. The topological polar surface area (TPSA) is 29.8 Å². The van der Waals surface area contributed by atoms with E-state index in [-0.39, 0.29) is 10.8 Å². The van der Waals surface area contributed by atoms with Gasteiger partial charge in [0.15, 0.2) is 0 Å². The SMILES string of the molecule is CC(C)c1ccc(-c2ccc3c(c2)C(C)(C)c2ccccc2-3)cc1-c1ccc(-c2ccc3c(c2)C(C)(C)c2ccc4c(oc5ccccc54)c2-3)cc1[NH2+]c1ccccc1. The summed E-state index contributed by atoms with van der Waals surface area (Å²) in [6.45, 7) is 14.1. The molecule has 286 valence electrons. The van der Waals surface area contributed by atoms with Crippen molar-refractivity contribution in [3.63, 3.8) is 0 Å². The van der Waals surface area contributed by atoms with Crippen molar-refractivity contribution in [1.29, 1.82) is 0 Å². The van der Waals surface area contributed by atoms with Crippen molar-refractivity contribution in [3.8, 4) is 55.6 Å². The van der Waals surface area contributed by atoms with Gasteiger partial charge in [-0.1, -0.05) is 157 Å². The minimum absolute atomic E-state index is 0.0501. The first-order chi connectivity index (χ1) is 28.6. The second-order valence-electron chi connectivity index (χ2n) is 18.1. The molecule has 2 heteroatoms. The maximum absolute atomic E-state index is 6.59. The minimum atomic E-state index is -0.172. The molecule has 0 atom stereocenters. The van der Waals surface area contributed by atoms with Crippen LogP contribution in [0.4, 0.5) is 11.4 Å². The third kappa shape index (κ3) is 5.43. The second-order valence-corrected chi connectivity index (χ2v) is 18.1. The van der Waals surface area contributed by atoms with E-state index in [2.05, 4.69) is 211 Å². The van der Waals surface area contributed by atoms with Crippen molar-refractivity contribution in [2.75, 3.05) is 0 Å². The number of rotatable bonds is 6. The Morgan fingerprint density at radius 2 is 1.03 bits per heavy atom. The predicted octanol–water partition coefficient (Wildman–Crippen LogP) is 14.8. The fourth-order valence-electron chi connectivity index (χ4n) is 10.4. The van der Waals surface area contributed by atoms with Gasteiger partial charge in [-0.3, -0.25) is 5.32 Å². The molecule has 0 amide bonds. The Kier molecular flexibility index (Phi) is 7.87. The third-order valence-corrected chi connectivity index (χ3v) is 13.6. The number of quaternary nitrogens is 1. The molecule has 0 fully saturated rings. The summed E-state index contributed by atoms with van der Waals surface area (Å²) in [4.78, 5) is 0. The highest BCUT2D eigenvalue weighted by Gasteiger charge is 2.38. The lowest BCUT2D eigenvalue weighted by Gasteiger charge is -2.22. The maximum Gasteiger partial charge on any atom is 0.143 e. The van der Waals surface area contributed by atoms with Crippen molar-refractivity contribution in [1.82, 2.24) is 0 Å². The van der Waals surface area contributed by atoms with Crippen molar-refractivity contribution in [2.45, 2.75) is 58.3 Å². The summed E-state index contributed by atoms with van der Waals surface area (Å²) in [7, 11) is 0. The van der Waals surface area contributed by atoms with Gasteiger partial charge in [-0.2, -0.15) is 0 Å². The molecular weight excluding hydrogens is 715 g/mol. The normalized spacial score (nSPS) is 14.4. The van der Waals surface area contributed by atoms with Gasteiger partial charge >= 0.3 is 0 Å². The summed E-state index contributed by atoms with van der Waals surface area (Å²) >= 11 is 0. The molecule has 2 N–H and O–H groups in total. The van der Waals surface area contributed by atoms with E-state index in [0.717, 1.165) is 11.2 Å². The Morgan fingerprint density at radius 3 is 1.81 bits per heavy atom. The number of hydrogen-bond donors (Lipinski definition) is 1. The molecule has 1 heterocycles. The van der Waals surface area contributed by atoms with Crippen LogP contribution < -0.4 is 5.32 Å². The van der Waals surface area contributed by atoms with Gasteiger partial charge in [-0.15, -0.1) is 0 Å². The number of fused-ring (bicyclic) bond motifs is 10. The molecule has 1 aromatic heterocycles. The number of benzene rings is 8. The van der Waals surface area contributed by atoms with Crippen LogP contribution in [0, 0.1) is 0 Å². The second kappa shape index (κ2) is 13.0. The highest BCUT2D eigenvalue weighted by atomic mass is 16.3. The highest BCUT2D eigenvalue weighted by Crippen LogP contribution is 2.54. The molecule has 0 unspecified atom stereocenters. The monoisotopic (exact) mass is 762 g/mol. The van der Waals surface area contributed by atoms with Crippen molar-refractivity contribution >= 4 is 33.3 Å². The van der Waals surface area contributed by atoms with Crippen LogP contribution in [0.25, 0.3) is 77.6 Å². The van der Waals surface area contributed by atoms with Gasteiger partial charge in [0.2, 0.25) is 0 Å². The van der Waals surface area contributed by atoms with Gasteiger partial charge in [-0.25, -0.2) is 0 Å². The third-order valence-electron chi connectivity index (χ3n) is 13.6. The van der Waals surface area contributed by atoms with Crippen LogP contribution in [0.3, 0.4) is 0 Å². The first-order valence-corrected chi connectivity index (χ1v) is 21.1. The molecule has 0 bridgehead atoms. The minimum Gasteiger partial charge on any atom is -0.455 e. The predicted molar refractivity (Wildman–Crippen MR) is 247 cm³/mol. The molecule has 9 aromatic rings. The molecule has 2 aliphatic rings. The van der Waals surface area contributed by atoms with Crippen molar-refractivity contribution < 1.29 is 9.73 Å². The van der Waals surface area contributed by atoms with Crippen LogP contribution in [0.1, 0.15) is 75.3 Å². The fraction of sp³-hybridized carbons (Fsp3) is 0.158. The molecule has 11 rings (SSSR count). The van der Waals surface area contributed by atoms with Gasteiger partial charge < -0.3 is 4.42 Å². The van der Waals surface area contributed by atoms with Crippen LogP contribution in [-0.4, -0.2) is 0 Å². The Morgan fingerprint density at radius 1 is 0.441 bits per heavy atom. The van der Waals surface area contributed by atoms with E-state index in [1.54, 1.807) is 0 Å². The van der Waals surface area contributed by atoms with Gasteiger partial charge in [-0.05, 0) is 121 Å². The van der Waals surface area contributed by atoms with E-state index >= 15 is 0 Å². The van der Waals surface area contributed by atoms with E-state index in [4.69, 9.17) is 4.42 Å². The van der Waals surface area contributed by atoms with E-state index in [0.29, 0.717) is 5.92 Å². The van der Waals surface area contributed by atoms with Crippen molar-refractivity contribution in [2.24, 2.45) is 0 Å². The fourth-order valence-corrected chi connectivity index (χ4v) is 10.4. The van der Waals surface area contributed by atoms with E-state index < -0.39 is 0 Å². The first kappa shape index (κ1) is 35.7. The summed E-state index contributed by atoms with van der Waals surface area (Å²) in [5, 5.41) is 4.71. The summed E-state index contributed by atoms with van der Waals surface area (Å²) in [5.74, 6) is 0.357. The average molecular weight is 763 g/mol. The Bertz CT molecular complexity index is 3160. The zero-order valence-electron chi connectivity index (χ0n) is 34.7. The lowest BCUT2D eigenvalue weighted by molar-refractivity contribution is -0.477. The average Bonchev–Trinajstić information content (AvgIpc) is 3.83. The van der Waals surface area contributed by atoms with E-state index in [1.807, 2.05) is 0 Å². The molecule has 59 heavy (non-hydrogen) atoms. The quantitative estimate of drug-likeness (QED) is 0.168. The molecule has 0 saturated heterocycles. The number of nitrogens with two attached hydrogens (primary N) is 1. The van der Waals surface area contributed by atoms with Gasteiger partial charge in [0.1, 0.15) is 22.5 Å². The lowest BCUT2D eigenvalue weighted by Crippen LogP contribution is -2.71. The molecular formula is C57H48NO+. The van der Waals surface area contributed by atoms with Crippen LogP contribution in [0.5, 0.6) is 0 Å². The van der Waals surface area contributed by atoms with Crippen LogP contribution in [-0.2, 0) is 10.8 Å². The molecule has 0 spiro atoms. The Labute approximate surface area is 347 Å². The maximum atomic E-state index is 6.59. The summed E-state index contributed by atoms with van der Waals surface area (Å²) in [5.41, 5.74) is 23.6. The van der Waals surface area contributed by atoms with Gasteiger partial charge in [0.25, 0.3) is 0 Å². The van der Waals surface area contributed by atoms with Crippen LogP contribution in [0.2, 0.25) is 0 Å². The van der Waals surface area contributed by atoms with Gasteiger partial charge in [0, 0.05) is 38.8 Å². The standard InChI is InChI=1S/C57H47NO/c1-34(2)40-24-20-35(36-21-25-42-41-16-10-12-18-48(41)56(3,4)50(42)31-36)30-47(40)43-26-22-38(33-52(43)58-39-14-8-7-9-15-39)37-23-27-46-51(32-37)57(5,6)49-29-28-45-44-17-11-13-19-53(44)59-55(45)54(46)49/h7-34,58H,1-6H3/p+1. The zero-order valence-corrected chi connectivity index (χ0v) is 34.7. The molecule has 0 saturated carbocycles. The summed E-state index contributed by atoms with van der Waals surface area (Å²) in [6, 6.07) is 61.0. The van der Waals surface area contributed by atoms with E-state index in [1.165, 1.54) is 106 Å². The molecule has 0 radical (unpaired) electrons. The Balaban J connectivity index is 1.04. The van der Waals surface area contributed by atoms with Crippen LogP contribution >= 0.6 is 0 Å². The van der Waals surface area contributed by atoms with Crippen LogP contribution in [0.15, 0.2) is 168 Å². The lowest BCUT2D eigenvalue weighted by atomic mass is 9.81. The first-order valence-electron chi connectivity index (χ1n) is 21.1. The number of para-hydroxylation sites is 2. The Hall–Kier alpha value is -6.48. The zero-order chi connectivity index (χ0) is 40.2. The summed E-state index contributed by atoms with van der Waals surface area (Å²) < 4.78 is 6.59. The van der Waals surface area contributed by atoms with E-state index in [9.17, 15) is 0 Å². The molecule has 2 aliphatic carbocycles. The van der Waals surface area contributed by atoms with Gasteiger partial charge in [0.05, 0.1) is 0 Å². The largest absolute Gasteiger partial charge is 0.455 e. The highest BCUT2D eigenvalue weighted by molar-refractivity contribution is 6.12. The molecule has 0 aliphatic heterocycles. The summed E-state index contributed by atoms with van der Waals surface area (Å²) in [6.07, 6.45) is 0.